The molecule has 0 spiro atoms. The van der Waals surface area contributed by atoms with E-state index in [-0.39, 0.29) is 11.0 Å². The second-order valence-corrected chi connectivity index (χ2v) is 7.39. The van der Waals surface area contributed by atoms with Crippen molar-refractivity contribution >= 4 is 0 Å². The van der Waals surface area contributed by atoms with Crippen molar-refractivity contribution in [2.24, 2.45) is 11.3 Å². The van der Waals surface area contributed by atoms with Crippen molar-refractivity contribution in [2.75, 3.05) is 34.0 Å². The SMILES string of the molecule is COCC(COC)(COC1(C)CCCCCCC1)C(C)C. The fourth-order valence-electron chi connectivity index (χ4n) is 3.32. The van der Waals surface area contributed by atoms with Crippen molar-refractivity contribution in [1.29, 1.82) is 0 Å². The lowest BCUT2D eigenvalue weighted by molar-refractivity contribution is -0.132. The Morgan fingerprint density at radius 1 is 0.857 bits per heavy atom. The smallest absolute Gasteiger partial charge is 0.0654 e. The average Bonchev–Trinajstić information content (AvgIpc) is 2.41. The fraction of sp³-hybridized carbons (Fsp3) is 1.00. The third-order valence-corrected chi connectivity index (χ3v) is 5.21. The molecule has 0 atom stereocenters. The molecule has 0 radical (unpaired) electrons. The Kier molecular flexibility index (Phi) is 8.22. The zero-order chi connectivity index (χ0) is 15.8. The number of hydrogen-bond acceptors (Lipinski definition) is 3. The summed E-state index contributed by atoms with van der Waals surface area (Å²) in [5, 5.41) is 0. The molecule has 21 heavy (non-hydrogen) atoms. The van der Waals surface area contributed by atoms with E-state index in [1.54, 1.807) is 14.2 Å². The van der Waals surface area contributed by atoms with Crippen molar-refractivity contribution in [3.05, 3.63) is 0 Å². The van der Waals surface area contributed by atoms with E-state index >= 15 is 0 Å². The van der Waals surface area contributed by atoms with Crippen LogP contribution in [-0.4, -0.2) is 39.6 Å². The molecule has 0 amide bonds. The highest BCUT2D eigenvalue weighted by molar-refractivity contribution is 4.85. The summed E-state index contributed by atoms with van der Waals surface area (Å²) in [6.45, 7) is 8.87. The van der Waals surface area contributed by atoms with E-state index in [9.17, 15) is 0 Å². The maximum Gasteiger partial charge on any atom is 0.0654 e. The minimum atomic E-state index is -0.0467. The van der Waals surface area contributed by atoms with Crippen LogP contribution in [0.3, 0.4) is 0 Å². The Morgan fingerprint density at radius 2 is 1.33 bits per heavy atom. The van der Waals surface area contributed by atoms with Crippen molar-refractivity contribution in [3.63, 3.8) is 0 Å². The molecule has 0 unspecified atom stereocenters. The topological polar surface area (TPSA) is 27.7 Å². The van der Waals surface area contributed by atoms with Gasteiger partial charge >= 0.3 is 0 Å². The van der Waals surface area contributed by atoms with Crippen LogP contribution in [0.5, 0.6) is 0 Å². The number of hydrogen-bond donors (Lipinski definition) is 0. The highest BCUT2D eigenvalue weighted by Gasteiger charge is 2.37. The van der Waals surface area contributed by atoms with Crippen LogP contribution in [0.1, 0.15) is 65.7 Å². The van der Waals surface area contributed by atoms with E-state index < -0.39 is 0 Å². The number of methoxy groups -OCH3 is 2. The Bertz CT molecular complexity index is 262. The van der Waals surface area contributed by atoms with Crippen LogP contribution in [0.15, 0.2) is 0 Å². The lowest BCUT2D eigenvalue weighted by Gasteiger charge is -2.40. The van der Waals surface area contributed by atoms with E-state index in [4.69, 9.17) is 14.2 Å². The molecule has 0 aromatic carbocycles. The van der Waals surface area contributed by atoms with Crippen LogP contribution in [0.4, 0.5) is 0 Å². The highest BCUT2D eigenvalue weighted by atomic mass is 16.5. The van der Waals surface area contributed by atoms with Gasteiger partial charge in [-0.25, -0.2) is 0 Å². The fourth-order valence-corrected chi connectivity index (χ4v) is 3.32. The summed E-state index contributed by atoms with van der Waals surface area (Å²) in [5.41, 5.74) is -0.0169. The van der Waals surface area contributed by atoms with Crippen LogP contribution >= 0.6 is 0 Å². The molecule has 0 aliphatic heterocycles. The van der Waals surface area contributed by atoms with Gasteiger partial charge in [-0.3, -0.25) is 0 Å². The maximum absolute atomic E-state index is 6.48. The van der Waals surface area contributed by atoms with Crippen molar-refractivity contribution < 1.29 is 14.2 Å². The molecular formula is C18H36O3. The molecule has 0 heterocycles. The highest BCUT2D eigenvalue weighted by Crippen LogP contribution is 2.35. The zero-order valence-corrected chi connectivity index (χ0v) is 14.9. The first-order valence-corrected chi connectivity index (χ1v) is 8.60. The van der Waals surface area contributed by atoms with Crippen LogP contribution in [0.25, 0.3) is 0 Å². The van der Waals surface area contributed by atoms with Gasteiger partial charge in [0.15, 0.2) is 0 Å². The largest absolute Gasteiger partial charge is 0.384 e. The lowest BCUT2D eigenvalue weighted by Crippen LogP contribution is -2.44. The Labute approximate surface area is 131 Å². The van der Waals surface area contributed by atoms with Crippen LogP contribution in [0, 0.1) is 11.3 Å². The summed E-state index contributed by atoms with van der Waals surface area (Å²) in [5.74, 6) is 0.467. The molecule has 0 saturated heterocycles. The number of rotatable bonds is 8. The molecular weight excluding hydrogens is 264 g/mol. The van der Waals surface area contributed by atoms with E-state index in [0.29, 0.717) is 19.1 Å². The summed E-state index contributed by atoms with van der Waals surface area (Å²) >= 11 is 0. The van der Waals surface area contributed by atoms with Gasteiger partial charge in [0, 0.05) is 19.6 Å². The van der Waals surface area contributed by atoms with Crippen molar-refractivity contribution in [2.45, 2.75) is 71.3 Å². The molecule has 0 aromatic heterocycles. The summed E-state index contributed by atoms with van der Waals surface area (Å²) in [6, 6.07) is 0. The molecule has 3 heteroatoms. The van der Waals surface area contributed by atoms with E-state index in [0.717, 1.165) is 6.61 Å². The van der Waals surface area contributed by atoms with Crippen molar-refractivity contribution in [1.82, 2.24) is 0 Å². The molecule has 1 aliphatic rings. The third-order valence-electron chi connectivity index (χ3n) is 5.21. The first kappa shape index (κ1) is 18.9. The predicted octanol–water partition coefficient (Wildman–Crippen LogP) is 4.44. The van der Waals surface area contributed by atoms with Gasteiger partial charge in [-0.15, -0.1) is 0 Å². The Hall–Kier alpha value is -0.120. The van der Waals surface area contributed by atoms with E-state index in [1.807, 2.05) is 0 Å². The summed E-state index contributed by atoms with van der Waals surface area (Å²) in [6.07, 6.45) is 9.04. The van der Waals surface area contributed by atoms with Gasteiger partial charge in [-0.1, -0.05) is 46.0 Å². The molecule has 1 fully saturated rings. The molecule has 1 aliphatic carbocycles. The van der Waals surface area contributed by atoms with Crippen LogP contribution in [-0.2, 0) is 14.2 Å². The summed E-state index contributed by atoms with van der Waals surface area (Å²) in [4.78, 5) is 0. The van der Waals surface area contributed by atoms with E-state index in [1.165, 1.54) is 44.9 Å². The standard InChI is InChI=1S/C18H36O3/c1-16(2)18(13-19-4,14-20-5)15-21-17(3)11-9-7-6-8-10-12-17/h16H,6-15H2,1-5H3. The molecule has 1 saturated carbocycles. The van der Waals surface area contributed by atoms with E-state index in [2.05, 4.69) is 20.8 Å². The maximum atomic E-state index is 6.48. The Balaban J connectivity index is 2.68. The third kappa shape index (κ3) is 5.88. The summed E-state index contributed by atoms with van der Waals surface area (Å²) in [7, 11) is 3.54. The van der Waals surface area contributed by atoms with Crippen LogP contribution < -0.4 is 0 Å². The van der Waals surface area contributed by atoms with Gasteiger partial charge in [0.05, 0.1) is 25.4 Å². The average molecular weight is 300 g/mol. The van der Waals surface area contributed by atoms with Gasteiger partial charge in [0.25, 0.3) is 0 Å². The summed E-state index contributed by atoms with van der Waals surface area (Å²) < 4.78 is 17.4. The lowest BCUT2D eigenvalue weighted by atomic mass is 9.78. The molecule has 1 rings (SSSR count). The predicted molar refractivity (Wildman–Crippen MR) is 87.7 cm³/mol. The van der Waals surface area contributed by atoms with Gasteiger partial charge in [0.1, 0.15) is 0 Å². The Morgan fingerprint density at radius 3 is 1.76 bits per heavy atom. The van der Waals surface area contributed by atoms with Gasteiger partial charge in [-0.2, -0.15) is 0 Å². The molecule has 0 bridgehead atoms. The van der Waals surface area contributed by atoms with Gasteiger partial charge < -0.3 is 14.2 Å². The second kappa shape index (κ2) is 9.12. The monoisotopic (exact) mass is 300 g/mol. The molecule has 0 aromatic rings. The minimum absolute atomic E-state index is 0.0298. The van der Waals surface area contributed by atoms with Crippen LogP contribution in [0.2, 0.25) is 0 Å². The first-order chi connectivity index (χ1) is 9.98. The van der Waals surface area contributed by atoms with Gasteiger partial charge in [-0.05, 0) is 25.7 Å². The molecule has 126 valence electrons. The minimum Gasteiger partial charge on any atom is -0.384 e. The zero-order valence-electron chi connectivity index (χ0n) is 14.9. The number of ether oxygens (including phenoxy) is 3. The molecule has 3 nitrogen and oxygen atoms in total. The van der Waals surface area contributed by atoms with Gasteiger partial charge in [0.2, 0.25) is 0 Å². The first-order valence-electron chi connectivity index (χ1n) is 8.60. The van der Waals surface area contributed by atoms with Crippen molar-refractivity contribution in [3.8, 4) is 0 Å². The molecule has 0 N–H and O–H groups in total. The normalized spacial score (nSPS) is 20.3. The second-order valence-electron chi connectivity index (χ2n) is 7.39. The quantitative estimate of drug-likeness (QED) is 0.663.